The van der Waals surface area contributed by atoms with Crippen molar-refractivity contribution in [1.29, 1.82) is 0 Å². The van der Waals surface area contributed by atoms with Crippen LogP contribution < -0.4 is 5.32 Å². The Morgan fingerprint density at radius 2 is 2.21 bits per heavy atom. The predicted octanol–water partition coefficient (Wildman–Crippen LogP) is 0.975. The van der Waals surface area contributed by atoms with Crippen molar-refractivity contribution in [2.75, 3.05) is 6.54 Å². The van der Waals surface area contributed by atoms with Crippen LogP contribution in [-0.2, 0) is 26.6 Å². The number of carbonyl (C=O) groups is 2. The van der Waals surface area contributed by atoms with Gasteiger partial charge >= 0.3 is 0 Å². The first-order valence-corrected chi connectivity index (χ1v) is 9.05. The Labute approximate surface area is 161 Å². The van der Waals surface area contributed by atoms with Gasteiger partial charge in [-0.2, -0.15) is 5.10 Å². The highest BCUT2D eigenvalue weighted by molar-refractivity contribution is 6.04. The summed E-state index contributed by atoms with van der Waals surface area (Å²) in [7, 11) is 1.91. The quantitative estimate of drug-likeness (QED) is 0.663. The number of nitrogens with one attached hydrogen (secondary N) is 2. The molecule has 0 saturated heterocycles. The molecule has 0 radical (unpaired) electrons. The Morgan fingerprint density at radius 1 is 1.36 bits per heavy atom. The first-order valence-electron chi connectivity index (χ1n) is 9.05. The lowest BCUT2D eigenvalue weighted by Gasteiger charge is -2.14. The van der Waals surface area contributed by atoms with Crippen molar-refractivity contribution in [3.05, 3.63) is 64.8 Å². The number of aryl methyl sites for hydroxylation is 2. The van der Waals surface area contributed by atoms with Gasteiger partial charge in [-0.05, 0) is 24.6 Å². The third-order valence-electron chi connectivity index (χ3n) is 4.73. The molecule has 9 heteroatoms. The lowest BCUT2D eigenvalue weighted by molar-refractivity contribution is 0.0778. The number of nitrogens with zero attached hydrogens (tertiary/aromatic N) is 5. The van der Waals surface area contributed by atoms with Gasteiger partial charge in [0.2, 0.25) is 0 Å². The minimum absolute atomic E-state index is 0.0508. The van der Waals surface area contributed by atoms with E-state index in [-0.39, 0.29) is 18.4 Å². The van der Waals surface area contributed by atoms with E-state index in [1.807, 2.05) is 17.8 Å². The fourth-order valence-electron chi connectivity index (χ4n) is 3.35. The lowest BCUT2D eigenvalue weighted by Crippen LogP contribution is -2.27. The van der Waals surface area contributed by atoms with Crippen LogP contribution in [0.3, 0.4) is 0 Å². The lowest BCUT2D eigenvalue weighted by atomic mass is 10.0. The molecule has 28 heavy (non-hydrogen) atoms. The minimum atomic E-state index is -0.237. The van der Waals surface area contributed by atoms with Crippen LogP contribution in [0.4, 0.5) is 0 Å². The zero-order valence-corrected chi connectivity index (χ0v) is 15.8. The maximum absolute atomic E-state index is 12.7. The van der Waals surface area contributed by atoms with Crippen LogP contribution in [0.5, 0.6) is 0 Å². The molecule has 2 amide bonds. The highest BCUT2D eigenvalue weighted by atomic mass is 16.2. The van der Waals surface area contributed by atoms with E-state index in [0.29, 0.717) is 42.3 Å². The van der Waals surface area contributed by atoms with Crippen molar-refractivity contribution < 1.29 is 9.59 Å². The molecule has 4 rings (SSSR count). The molecule has 2 aromatic heterocycles. The normalized spacial score (nSPS) is 13.1. The summed E-state index contributed by atoms with van der Waals surface area (Å²) in [5.74, 6) is 0.925. The maximum Gasteiger partial charge on any atom is 0.254 e. The third kappa shape index (κ3) is 3.51. The summed E-state index contributed by atoms with van der Waals surface area (Å²) in [5.41, 5.74) is 2.80. The van der Waals surface area contributed by atoms with E-state index in [4.69, 9.17) is 0 Å². The average molecular weight is 379 g/mol. The van der Waals surface area contributed by atoms with E-state index in [1.54, 1.807) is 36.4 Å². The van der Waals surface area contributed by atoms with E-state index in [0.717, 1.165) is 11.3 Å². The molecular formula is C19H21N7O2. The van der Waals surface area contributed by atoms with Gasteiger partial charge in [0.05, 0.1) is 18.6 Å². The van der Waals surface area contributed by atoms with Gasteiger partial charge in [0.25, 0.3) is 11.8 Å². The number of hydrogen-bond donors (Lipinski definition) is 2. The summed E-state index contributed by atoms with van der Waals surface area (Å²) in [4.78, 5) is 35.6. The molecule has 1 aliphatic heterocycles. The molecule has 0 spiro atoms. The molecule has 0 aliphatic carbocycles. The molecule has 3 heterocycles. The van der Waals surface area contributed by atoms with Gasteiger partial charge in [0.1, 0.15) is 5.82 Å². The van der Waals surface area contributed by atoms with Crippen molar-refractivity contribution in [3.8, 4) is 0 Å². The molecule has 9 nitrogen and oxygen atoms in total. The van der Waals surface area contributed by atoms with Crippen molar-refractivity contribution in [2.24, 2.45) is 7.05 Å². The van der Waals surface area contributed by atoms with Gasteiger partial charge in [0, 0.05) is 43.9 Å². The van der Waals surface area contributed by atoms with Crippen LogP contribution in [0.15, 0.2) is 30.7 Å². The van der Waals surface area contributed by atoms with E-state index in [2.05, 4.69) is 25.5 Å². The molecule has 2 N–H and O–H groups in total. The maximum atomic E-state index is 12.7. The number of amides is 2. The summed E-state index contributed by atoms with van der Waals surface area (Å²) in [6.07, 6.45) is 4.36. The molecule has 1 aromatic carbocycles. The molecule has 0 bridgehead atoms. The van der Waals surface area contributed by atoms with Gasteiger partial charge in [0.15, 0.2) is 5.82 Å². The summed E-state index contributed by atoms with van der Waals surface area (Å²) in [6, 6.07) is 5.26. The topological polar surface area (TPSA) is 109 Å². The monoisotopic (exact) mass is 379 g/mol. The number of aromatic amines is 1. The predicted molar refractivity (Wildman–Crippen MR) is 100 cm³/mol. The van der Waals surface area contributed by atoms with Crippen molar-refractivity contribution in [3.63, 3.8) is 0 Å². The first kappa shape index (κ1) is 17.9. The number of aromatic nitrogens is 5. The molecule has 0 unspecified atom stereocenters. The van der Waals surface area contributed by atoms with Crippen LogP contribution in [0.1, 0.15) is 43.6 Å². The molecule has 0 atom stereocenters. The van der Waals surface area contributed by atoms with Gasteiger partial charge in [-0.15, -0.1) is 0 Å². The van der Waals surface area contributed by atoms with Crippen LogP contribution in [0, 0.1) is 6.92 Å². The van der Waals surface area contributed by atoms with E-state index in [9.17, 15) is 9.59 Å². The fourth-order valence-corrected chi connectivity index (χ4v) is 3.35. The number of benzene rings is 1. The Bertz CT molecular complexity index is 1040. The van der Waals surface area contributed by atoms with Gasteiger partial charge in [-0.3, -0.25) is 14.7 Å². The second-order valence-electron chi connectivity index (χ2n) is 6.86. The van der Waals surface area contributed by atoms with Crippen LogP contribution in [0.2, 0.25) is 0 Å². The standard InChI is InChI=1S/C19H21N7O2/c1-12-22-17(24-23-12)8-20-18(27)14-4-3-5-15-16(14)10-26(19(15)28)7-6-13-9-25(2)11-21-13/h3-5,9,11H,6-8,10H2,1-2H3,(H,20,27)(H,22,23,24). The van der Waals surface area contributed by atoms with E-state index in [1.165, 1.54) is 0 Å². The molecular weight excluding hydrogens is 358 g/mol. The number of imidazole rings is 1. The zero-order chi connectivity index (χ0) is 19.7. The highest BCUT2D eigenvalue weighted by Gasteiger charge is 2.30. The number of carbonyl (C=O) groups excluding carboxylic acids is 2. The van der Waals surface area contributed by atoms with Crippen molar-refractivity contribution >= 4 is 11.8 Å². The highest BCUT2D eigenvalue weighted by Crippen LogP contribution is 2.26. The smallest absolute Gasteiger partial charge is 0.254 e. The SMILES string of the molecule is Cc1nc(CNC(=O)c2cccc3c2CN(CCc2cn(C)cn2)C3=O)n[nH]1. The van der Waals surface area contributed by atoms with Crippen LogP contribution >= 0.6 is 0 Å². The largest absolute Gasteiger partial charge is 0.345 e. The van der Waals surface area contributed by atoms with Gasteiger partial charge in [-0.1, -0.05) is 6.07 Å². The van der Waals surface area contributed by atoms with Gasteiger partial charge < -0.3 is 14.8 Å². The van der Waals surface area contributed by atoms with Crippen LogP contribution in [0.25, 0.3) is 0 Å². The summed E-state index contributed by atoms with van der Waals surface area (Å²) < 4.78 is 1.88. The van der Waals surface area contributed by atoms with Crippen molar-refractivity contribution in [1.82, 2.24) is 34.9 Å². The second-order valence-corrected chi connectivity index (χ2v) is 6.86. The third-order valence-corrected chi connectivity index (χ3v) is 4.73. The zero-order valence-electron chi connectivity index (χ0n) is 15.8. The van der Waals surface area contributed by atoms with E-state index >= 15 is 0 Å². The Morgan fingerprint density at radius 3 is 2.93 bits per heavy atom. The second kappa shape index (κ2) is 7.26. The Balaban J connectivity index is 1.45. The number of hydrogen-bond acceptors (Lipinski definition) is 5. The number of H-pyrrole nitrogens is 1. The Kier molecular flexibility index (Phi) is 4.64. The van der Waals surface area contributed by atoms with Crippen LogP contribution in [-0.4, -0.2) is 48.0 Å². The average Bonchev–Trinajstić information content (AvgIpc) is 3.37. The summed E-state index contributed by atoms with van der Waals surface area (Å²) in [5, 5.41) is 9.58. The minimum Gasteiger partial charge on any atom is -0.345 e. The molecule has 144 valence electrons. The van der Waals surface area contributed by atoms with E-state index < -0.39 is 0 Å². The number of fused-ring (bicyclic) bond motifs is 1. The molecule has 3 aromatic rings. The number of rotatable bonds is 6. The van der Waals surface area contributed by atoms with Gasteiger partial charge in [-0.25, -0.2) is 9.97 Å². The molecule has 1 aliphatic rings. The Hall–Kier alpha value is -3.49. The first-order chi connectivity index (χ1) is 13.5. The fraction of sp³-hybridized carbons (Fsp3) is 0.316. The molecule has 0 saturated carbocycles. The summed E-state index contributed by atoms with van der Waals surface area (Å²) in [6.45, 7) is 3.00. The van der Waals surface area contributed by atoms with Crippen molar-refractivity contribution in [2.45, 2.75) is 26.4 Å². The molecule has 0 fully saturated rings. The summed E-state index contributed by atoms with van der Waals surface area (Å²) >= 11 is 0.